The Morgan fingerprint density at radius 3 is 2.32 bits per heavy atom. The minimum atomic E-state index is -1.38. The highest BCUT2D eigenvalue weighted by Gasteiger charge is 2.69. The quantitative estimate of drug-likeness (QED) is 0.368. The Labute approximate surface area is 220 Å². The number of ether oxygens (including phenoxy) is 4. The summed E-state index contributed by atoms with van der Waals surface area (Å²) >= 11 is 1.55. The first-order valence-corrected chi connectivity index (χ1v) is 13.4. The fourth-order valence-electron chi connectivity index (χ4n) is 5.42. The van der Waals surface area contributed by atoms with Crippen LogP contribution < -0.4 is 24.4 Å². The Hall–Kier alpha value is -3.24. The molecule has 198 valence electrons. The predicted octanol–water partition coefficient (Wildman–Crippen LogP) is 3.22. The van der Waals surface area contributed by atoms with Crippen molar-refractivity contribution in [1.29, 1.82) is 0 Å². The first-order chi connectivity index (χ1) is 17.9. The zero-order valence-corrected chi connectivity index (χ0v) is 22.4. The maximum absolute atomic E-state index is 14.0. The summed E-state index contributed by atoms with van der Waals surface area (Å²) in [5.41, 5.74) is -0.301. The molecule has 9 nitrogen and oxygen atoms in total. The van der Waals surface area contributed by atoms with Gasteiger partial charge in [0.1, 0.15) is 22.8 Å². The van der Waals surface area contributed by atoms with Crippen molar-refractivity contribution in [1.82, 2.24) is 5.32 Å². The zero-order chi connectivity index (χ0) is 26.7. The van der Waals surface area contributed by atoms with Crippen LogP contribution in [0.2, 0.25) is 0 Å². The van der Waals surface area contributed by atoms with Gasteiger partial charge >= 0.3 is 5.97 Å². The highest BCUT2D eigenvalue weighted by molar-refractivity contribution is 7.98. The van der Waals surface area contributed by atoms with Crippen LogP contribution in [0.1, 0.15) is 24.9 Å². The number of benzene rings is 2. The van der Waals surface area contributed by atoms with Crippen LogP contribution >= 0.6 is 11.8 Å². The standard InChI is InChI=1S/C27H32N2O7S/c1-6-36-17-9-7-16(8-10-17)29-24(30)21-22(25(29)31)27(13-14-37-5,26(32)35-4)28-23(21)19-12-11-18(33-2)15-20(19)34-3/h7-12,15,21-23,28H,6,13-14H2,1-5H3/t21-,22+,23-,27-/m0/s1. The van der Waals surface area contributed by atoms with Gasteiger partial charge in [0.2, 0.25) is 11.8 Å². The van der Waals surface area contributed by atoms with Crippen molar-refractivity contribution in [3.63, 3.8) is 0 Å². The number of thioether (sulfide) groups is 1. The second-order valence-electron chi connectivity index (χ2n) is 8.88. The second-order valence-corrected chi connectivity index (χ2v) is 9.86. The smallest absolute Gasteiger partial charge is 0.326 e. The van der Waals surface area contributed by atoms with Crippen LogP contribution in [0.3, 0.4) is 0 Å². The fourth-order valence-corrected chi connectivity index (χ4v) is 5.95. The summed E-state index contributed by atoms with van der Waals surface area (Å²) < 4.78 is 21.7. The van der Waals surface area contributed by atoms with Crippen LogP contribution in [0.25, 0.3) is 0 Å². The van der Waals surface area contributed by atoms with Crippen LogP contribution in [0.5, 0.6) is 17.2 Å². The summed E-state index contributed by atoms with van der Waals surface area (Å²) in [7, 11) is 4.38. The Morgan fingerprint density at radius 1 is 1.03 bits per heavy atom. The van der Waals surface area contributed by atoms with Gasteiger partial charge in [0.15, 0.2) is 0 Å². The molecule has 0 saturated carbocycles. The lowest BCUT2D eigenvalue weighted by atomic mass is 9.77. The van der Waals surface area contributed by atoms with Gasteiger partial charge in [-0.3, -0.25) is 19.7 Å². The molecule has 2 heterocycles. The van der Waals surface area contributed by atoms with Gasteiger partial charge in [0, 0.05) is 17.7 Å². The maximum Gasteiger partial charge on any atom is 0.326 e. The zero-order valence-electron chi connectivity index (χ0n) is 21.6. The summed E-state index contributed by atoms with van der Waals surface area (Å²) in [4.78, 5) is 42.6. The van der Waals surface area contributed by atoms with Gasteiger partial charge in [-0.05, 0) is 55.7 Å². The van der Waals surface area contributed by atoms with Gasteiger partial charge in [0.25, 0.3) is 0 Å². The number of esters is 1. The lowest BCUT2D eigenvalue weighted by Crippen LogP contribution is -2.56. The molecule has 4 rings (SSSR count). The minimum Gasteiger partial charge on any atom is -0.497 e. The number of imide groups is 1. The topological polar surface area (TPSA) is 103 Å². The van der Waals surface area contributed by atoms with E-state index >= 15 is 0 Å². The van der Waals surface area contributed by atoms with E-state index in [0.29, 0.717) is 47.3 Å². The van der Waals surface area contributed by atoms with E-state index in [2.05, 4.69) is 5.32 Å². The van der Waals surface area contributed by atoms with E-state index in [9.17, 15) is 14.4 Å². The minimum absolute atomic E-state index is 0.313. The third-order valence-corrected chi connectivity index (χ3v) is 7.70. The first-order valence-electron chi connectivity index (χ1n) is 12.0. The fraction of sp³-hybridized carbons (Fsp3) is 0.444. The number of carbonyl (C=O) groups excluding carboxylic acids is 3. The third kappa shape index (κ3) is 4.53. The molecule has 2 aliphatic heterocycles. The van der Waals surface area contributed by atoms with Gasteiger partial charge in [-0.1, -0.05) is 6.07 Å². The van der Waals surface area contributed by atoms with Crippen molar-refractivity contribution in [3.8, 4) is 17.2 Å². The van der Waals surface area contributed by atoms with Crippen LogP contribution in [0.15, 0.2) is 42.5 Å². The van der Waals surface area contributed by atoms with Crippen LogP contribution in [-0.2, 0) is 19.1 Å². The molecule has 0 aromatic heterocycles. The highest BCUT2D eigenvalue weighted by atomic mass is 32.2. The average Bonchev–Trinajstić information content (AvgIpc) is 3.40. The lowest BCUT2D eigenvalue weighted by molar-refractivity contribution is -0.152. The molecule has 0 unspecified atom stereocenters. The number of anilines is 1. The molecular weight excluding hydrogens is 496 g/mol. The van der Waals surface area contributed by atoms with Crippen LogP contribution in [0, 0.1) is 11.8 Å². The van der Waals surface area contributed by atoms with E-state index in [1.165, 1.54) is 19.1 Å². The number of methoxy groups -OCH3 is 3. The van der Waals surface area contributed by atoms with E-state index in [1.807, 2.05) is 13.2 Å². The van der Waals surface area contributed by atoms with Crippen molar-refractivity contribution < 1.29 is 33.3 Å². The van der Waals surface area contributed by atoms with Crippen LogP contribution in [0.4, 0.5) is 5.69 Å². The molecule has 1 N–H and O–H groups in total. The van der Waals surface area contributed by atoms with Crippen LogP contribution in [-0.4, -0.2) is 63.3 Å². The molecule has 0 radical (unpaired) electrons. The second kappa shape index (κ2) is 11.0. The molecule has 2 fully saturated rings. The summed E-state index contributed by atoms with van der Waals surface area (Å²) in [6.07, 6.45) is 2.24. The number of rotatable bonds is 10. The molecule has 0 spiro atoms. The van der Waals surface area contributed by atoms with Crippen molar-refractivity contribution in [2.24, 2.45) is 11.8 Å². The van der Waals surface area contributed by atoms with Crippen molar-refractivity contribution in [3.05, 3.63) is 48.0 Å². The number of nitrogens with zero attached hydrogens (tertiary/aromatic N) is 1. The summed E-state index contributed by atoms with van der Waals surface area (Å²) in [5.74, 6) is -0.897. The van der Waals surface area contributed by atoms with Gasteiger partial charge in [-0.25, -0.2) is 4.90 Å². The Bertz CT molecular complexity index is 1170. The number of amides is 2. The number of fused-ring (bicyclic) bond motifs is 1. The highest BCUT2D eigenvalue weighted by Crippen LogP contribution is 2.53. The van der Waals surface area contributed by atoms with E-state index in [-0.39, 0.29) is 5.91 Å². The Kier molecular flexibility index (Phi) is 7.99. The van der Waals surface area contributed by atoms with E-state index < -0.39 is 35.3 Å². The molecule has 0 bridgehead atoms. The molecule has 2 aromatic rings. The monoisotopic (exact) mass is 528 g/mol. The molecule has 2 aliphatic rings. The SMILES string of the molecule is CCOc1ccc(N2C(=O)[C@@H]3[C@H](c4ccc(OC)cc4OC)N[C@](CCSC)(C(=O)OC)[C@H]3C2=O)cc1. The van der Waals surface area contributed by atoms with E-state index in [1.54, 1.807) is 61.3 Å². The number of carbonyl (C=O) groups is 3. The van der Waals surface area contributed by atoms with E-state index in [0.717, 1.165) is 0 Å². The number of nitrogens with one attached hydrogen (secondary N) is 1. The summed E-state index contributed by atoms with van der Waals surface area (Å²) in [5, 5.41) is 3.38. The van der Waals surface area contributed by atoms with Gasteiger partial charge < -0.3 is 18.9 Å². The maximum atomic E-state index is 14.0. The molecule has 2 aromatic carbocycles. The lowest BCUT2D eigenvalue weighted by Gasteiger charge is -2.32. The molecule has 10 heteroatoms. The molecule has 4 atom stereocenters. The van der Waals surface area contributed by atoms with Gasteiger partial charge in [-0.15, -0.1) is 0 Å². The molecule has 2 saturated heterocycles. The van der Waals surface area contributed by atoms with Gasteiger partial charge in [-0.2, -0.15) is 11.8 Å². The summed E-state index contributed by atoms with van der Waals surface area (Å²) in [6.45, 7) is 2.38. The Balaban J connectivity index is 1.85. The van der Waals surface area contributed by atoms with Crippen molar-refractivity contribution >= 4 is 35.2 Å². The molecule has 2 amide bonds. The third-order valence-electron chi connectivity index (χ3n) is 7.09. The largest absolute Gasteiger partial charge is 0.497 e. The first kappa shape index (κ1) is 26.8. The average molecular weight is 529 g/mol. The van der Waals surface area contributed by atoms with E-state index in [4.69, 9.17) is 18.9 Å². The molecule has 37 heavy (non-hydrogen) atoms. The van der Waals surface area contributed by atoms with Crippen molar-refractivity contribution in [2.75, 3.05) is 44.8 Å². The number of hydrogen-bond acceptors (Lipinski definition) is 9. The molecule has 0 aliphatic carbocycles. The predicted molar refractivity (Wildman–Crippen MR) is 140 cm³/mol. The summed E-state index contributed by atoms with van der Waals surface area (Å²) in [6, 6.07) is 11.4. The molecular formula is C27H32N2O7S. The van der Waals surface area contributed by atoms with Gasteiger partial charge in [0.05, 0.1) is 45.5 Å². The Morgan fingerprint density at radius 2 is 1.73 bits per heavy atom. The van der Waals surface area contributed by atoms with Crippen molar-refractivity contribution in [2.45, 2.75) is 24.9 Å². The number of hydrogen-bond donors (Lipinski definition) is 1. The normalized spacial score (nSPS) is 24.7.